The summed E-state index contributed by atoms with van der Waals surface area (Å²) < 4.78 is 5.42. The number of aromatic nitrogens is 3. The van der Waals surface area contributed by atoms with E-state index in [1.165, 1.54) is 12.0 Å². The van der Waals surface area contributed by atoms with Crippen LogP contribution in [0.25, 0.3) is 11.1 Å². The van der Waals surface area contributed by atoms with Crippen LogP contribution >= 0.6 is 0 Å². The lowest BCUT2D eigenvalue weighted by atomic mass is 10.1. The molecule has 1 aliphatic heterocycles. The zero-order valence-corrected chi connectivity index (χ0v) is 17.6. The van der Waals surface area contributed by atoms with Crippen LogP contribution in [0.5, 0.6) is 0 Å². The van der Waals surface area contributed by atoms with Crippen LogP contribution in [0.2, 0.25) is 0 Å². The fraction of sp³-hybridized carbons (Fsp3) is 0.478. The van der Waals surface area contributed by atoms with Gasteiger partial charge in [0.25, 0.3) is 5.71 Å². The second-order valence-electron chi connectivity index (χ2n) is 7.90. The molecule has 4 rings (SSSR count). The largest absolute Gasteiger partial charge is 0.356 e. The summed E-state index contributed by atoms with van der Waals surface area (Å²) in [7, 11) is 0. The van der Waals surface area contributed by atoms with E-state index < -0.39 is 0 Å². The molecule has 0 spiro atoms. The Bertz CT molecular complexity index is 980. The first-order valence-electron chi connectivity index (χ1n) is 10.9. The second-order valence-corrected chi connectivity index (χ2v) is 7.90. The van der Waals surface area contributed by atoms with Crippen molar-refractivity contribution in [2.75, 3.05) is 24.5 Å². The predicted octanol–water partition coefficient (Wildman–Crippen LogP) is 3.60. The third-order valence-corrected chi connectivity index (χ3v) is 5.57. The van der Waals surface area contributed by atoms with Gasteiger partial charge in [-0.2, -0.15) is 4.98 Å². The number of anilines is 1. The van der Waals surface area contributed by atoms with Crippen LogP contribution < -0.4 is 10.2 Å². The lowest BCUT2D eigenvalue weighted by molar-refractivity contribution is -0.121. The second kappa shape index (κ2) is 9.69. The Kier molecular flexibility index (Phi) is 6.57. The van der Waals surface area contributed by atoms with Gasteiger partial charge in [-0.15, -0.1) is 0 Å². The van der Waals surface area contributed by atoms with Crippen molar-refractivity contribution < 1.29 is 9.32 Å². The van der Waals surface area contributed by atoms with Crippen molar-refractivity contribution in [2.45, 2.75) is 51.9 Å². The Balaban J connectivity index is 1.33. The number of hydrogen-bond acceptors (Lipinski definition) is 6. The average molecular weight is 408 g/mol. The molecule has 0 saturated carbocycles. The highest BCUT2D eigenvalue weighted by molar-refractivity contribution is 5.88. The highest BCUT2D eigenvalue weighted by Gasteiger charge is 2.21. The monoisotopic (exact) mass is 407 g/mol. The molecule has 1 saturated heterocycles. The summed E-state index contributed by atoms with van der Waals surface area (Å²) in [5.74, 6) is 1.57. The number of fused-ring (bicyclic) bond motifs is 1. The van der Waals surface area contributed by atoms with Crippen molar-refractivity contribution in [1.29, 1.82) is 0 Å². The maximum Gasteiger partial charge on any atom is 0.263 e. The topological polar surface area (TPSA) is 84.1 Å². The van der Waals surface area contributed by atoms with Crippen LogP contribution in [0, 0.1) is 6.92 Å². The summed E-state index contributed by atoms with van der Waals surface area (Å²) in [5.41, 5.74) is 2.62. The number of nitrogens with one attached hydrogen (secondary N) is 1. The van der Waals surface area contributed by atoms with Gasteiger partial charge in [-0.3, -0.25) is 4.79 Å². The molecule has 158 valence electrons. The highest BCUT2D eigenvalue weighted by atomic mass is 16.5. The number of piperidine rings is 1. The summed E-state index contributed by atoms with van der Waals surface area (Å²) in [6.45, 7) is 4.56. The summed E-state index contributed by atoms with van der Waals surface area (Å²) in [4.78, 5) is 23.9. The molecule has 30 heavy (non-hydrogen) atoms. The molecule has 3 aromatic rings. The van der Waals surface area contributed by atoms with Crippen molar-refractivity contribution in [3.05, 3.63) is 47.4 Å². The lowest BCUT2D eigenvalue weighted by Gasteiger charge is -2.28. The van der Waals surface area contributed by atoms with E-state index in [9.17, 15) is 4.79 Å². The molecular weight excluding hydrogens is 378 g/mol. The Labute approximate surface area is 176 Å². The molecule has 1 N–H and O–H groups in total. The first-order chi connectivity index (χ1) is 14.7. The Hall–Kier alpha value is -2.96. The molecule has 3 heterocycles. The van der Waals surface area contributed by atoms with Gasteiger partial charge in [0.05, 0.1) is 5.69 Å². The first kappa shape index (κ1) is 20.3. The van der Waals surface area contributed by atoms with Gasteiger partial charge in [0, 0.05) is 32.5 Å². The standard InChI is InChI=1S/C23H29N5O2/c1-17-21-22(28-15-6-3-7-16-28)25-19(26-23(21)30-27-17)12-13-20(29)24-14-8-11-18-9-4-2-5-10-18/h2,4-5,9-10H,3,6-8,11-16H2,1H3,(H,24,29). The van der Waals surface area contributed by atoms with E-state index in [4.69, 9.17) is 9.51 Å². The Morgan fingerprint density at radius 1 is 1.10 bits per heavy atom. The van der Waals surface area contributed by atoms with Gasteiger partial charge in [0.2, 0.25) is 5.91 Å². The Morgan fingerprint density at radius 2 is 1.90 bits per heavy atom. The summed E-state index contributed by atoms with van der Waals surface area (Å²) >= 11 is 0. The van der Waals surface area contributed by atoms with Crippen LogP contribution in [-0.2, 0) is 17.6 Å². The molecule has 0 atom stereocenters. The number of carbonyl (C=O) groups excluding carboxylic acids is 1. The molecule has 0 unspecified atom stereocenters. The van der Waals surface area contributed by atoms with E-state index >= 15 is 0 Å². The minimum atomic E-state index is 0.0278. The van der Waals surface area contributed by atoms with Gasteiger partial charge in [0.1, 0.15) is 17.0 Å². The van der Waals surface area contributed by atoms with E-state index in [-0.39, 0.29) is 5.91 Å². The summed E-state index contributed by atoms with van der Waals surface area (Å²) in [6.07, 6.45) is 6.32. The number of rotatable bonds is 8. The highest BCUT2D eigenvalue weighted by Crippen LogP contribution is 2.29. The number of carbonyl (C=O) groups is 1. The van der Waals surface area contributed by atoms with Crippen molar-refractivity contribution in [2.24, 2.45) is 0 Å². The maximum absolute atomic E-state index is 12.3. The zero-order chi connectivity index (χ0) is 20.8. The van der Waals surface area contributed by atoms with Crippen molar-refractivity contribution in [3.8, 4) is 0 Å². The fourth-order valence-electron chi connectivity index (χ4n) is 3.94. The molecule has 1 aliphatic rings. The third-order valence-electron chi connectivity index (χ3n) is 5.57. The van der Waals surface area contributed by atoms with Gasteiger partial charge in [-0.25, -0.2) is 4.98 Å². The fourth-order valence-corrected chi connectivity index (χ4v) is 3.94. The van der Waals surface area contributed by atoms with E-state index in [2.05, 4.69) is 32.5 Å². The van der Waals surface area contributed by atoms with Gasteiger partial charge >= 0.3 is 0 Å². The normalized spacial score (nSPS) is 14.2. The van der Waals surface area contributed by atoms with Gasteiger partial charge in [-0.05, 0) is 44.6 Å². The zero-order valence-electron chi connectivity index (χ0n) is 17.6. The molecule has 1 aromatic carbocycles. The molecular formula is C23H29N5O2. The minimum Gasteiger partial charge on any atom is -0.356 e. The van der Waals surface area contributed by atoms with Crippen LogP contribution in [0.1, 0.15) is 49.2 Å². The maximum atomic E-state index is 12.3. The van der Waals surface area contributed by atoms with Crippen molar-refractivity contribution in [1.82, 2.24) is 20.4 Å². The quantitative estimate of drug-likeness (QED) is 0.575. The Morgan fingerprint density at radius 3 is 2.70 bits per heavy atom. The number of amides is 1. The minimum absolute atomic E-state index is 0.0278. The van der Waals surface area contributed by atoms with E-state index in [0.717, 1.165) is 55.7 Å². The summed E-state index contributed by atoms with van der Waals surface area (Å²) in [5, 5.41) is 7.98. The average Bonchev–Trinajstić information content (AvgIpc) is 3.17. The van der Waals surface area contributed by atoms with Crippen LogP contribution in [0.3, 0.4) is 0 Å². The molecule has 0 radical (unpaired) electrons. The summed E-state index contributed by atoms with van der Waals surface area (Å²) in [6, 6.07) is 10.3. The first-order valence-corrected chi connectivity index (χ1v) is 10.9. The molecule has 2 aromatic heterocycles. The molecule has 1 amide bonds. The molecule has 0 bridgehead atoms. The molecule has 1 fully saturated rings. The lowest BCUT2D eigenvalue weighted by Crippen LogP contribution is -2.31. The predicted molar refractivity (Wildman–Crippen MR) is 116 cm³/mol. The van der Waals surface area contributed by atoms with E-state index in [1.54, 1.807) is 0 Å². The van der Waals surface area contributed by atoms with Crippen molar-refractivity contribution >= 4 is 22.8 Å². The van der Waals surface area contributed by atoms with Crippen LogP contribution in [0.15, 0.2) is 34.9 Å². The third kappa shape index (κ3) is 4.96. The van der Waals surface area contributed by atoms with Gasteiger partial charge in [-0.1, -0.05) is 35.5 Å². The SMILES string of the molecule is Cc1noc2nc(CCC(=O)NCCCc3ccccc3)nc(N3CCCCC3)c12. The van der Waals surface area contributed by atoms with E-state index in [0.29, 0.717) is 30.9 Å². The molecule has 7 nitrogen and oxygen atoms in total. The van der Waals surface area contributed by atoms with Crippen LogP contribution in [-0.4, -0.2) is 40.7 Å². The van der Waals surface area contributed by atoms with Gasteiger partial charge in [0.15, 0.2) is 0 Å². The smallest absolute Gasteiger partial charge is 0.263 e. The van der Waals surface area contributed by atoms with Crippen molar-refractivity contribution in [3.63, 3.8) is 0 Å². The van der Waals surface area contributed by atoms with Gasteiger partial charge < -0.3 is 14.7 Å². The number of nitrogens with zero attached hydrogens (tertiary/aromatic N) is 4. The van der Waals surface area contributed by atoms with E-state index in [1.807, 2.05) is 25.1 Å². The number of benzene rings is 1. The number of hydrogen-bond donors (Lipinski definition) is 1. The molecule has 0 aliphatic carbocycles. The number of aryl methyl sites for hydroxylation is 3. The van der Waals surface area contributed by atoms with Crippen LogP contribution in [0.4, 0.5) is 5.82 Å². The molecule has 7 heteroatoms.